The molecule has 0 aromatic rings. The molecule has 0 aliphatic rings. The van der Waals surface area contributed by atoms with E-state index in [9.17, 15) is 14.4 Å². The van der Waals surface area contributed by atoms with Crippen LogP contribution in [-0.4, -0.2) is 37.2 Å². The summed E-state index contributed by atoms with van der Waals surface area (Å²) in [6, 6.07) is 0. The third kappa shape index (κ3) is 58.6. The molecular weight excluding hydrogens is 937 g/mol. The molecule has 0 aliphatic heterocycles. The van der Waals surface area contributed by atoms with Crippen LogP contribution in [0.2, 0.25) is 0 Å². The minimum absolute atomic E-state index is 0.0620. The predicted molar refractivity (Wildman–Crippen MR) is 330 cm³/mol. The lowest BCUT2D eigenvalue weighted by Crippen LogP contribution is -2.30. The van der Waals surface area contributed by atoms with E-state index in [-0.39, 0.29) is 31.1 Å². The maximum Gasteiger partial charge on any atom is 0.306 e. The van der Waals surface area contributed by atoms with Gasteiger partial charge in [0.15, 0.2) is 6.10 Å². The normalized spacial score (nSPS) is 13.2. The predicted octanol–water partition coefficient (Wildman–Crippen LogP) is 23.4. The van der Waals surface area contributed by atoms with Gasteiger partial charge < -0.3 is 14.2 Å². The Labute approximate surface area is 476 Å². The number of unbranched alkanes of at least 4 members (excludes halogenated alkanes) is 43. The summed E-state index contributed by atoms with van der Waals surface area (Å²) < 4.78 is 17.0. The molecule has 0 aromatic heterocycles. The van der Waals surface area contributed by atoms with E-state index in [1.54, 1.807) is 0 Å². The van der Waals surface area contributed by atoms with Crippen LogP contribution in [0.25, 0.3) is 0 Å². The summed E-state index contributed by atoms with van der Waals surface area (Å²) in [6.07, 6.45) is 68.1. The Morgan fingerprint density at radius 1 is 0.250 bits per heavy atom. The van der Waals surface area contributed by atoms with Gasteiger partial charge in [0.05, 0.1) is 0 Å². The number of carbonyl (C=O) groups excluding carboxylic acids is 3. The molecular formula is C70H136O6. The average molecular weight is 1070 g/mol. The summed E-state index contributed by atoms with van der Waals surface area (Å²) in [7, 11) is 0. The highest BCUT2D eigenvalue weighted by Gasteiger charge is 2.20. The van der Waals surface area contributed by atoms with Crippen molar-refractivity contribution in [2.45, 2.75) is 401 Å². The SMILES string of the molecule is CCC(C)CCCCCCCCCCCCCCCCCCCCC(=O)OC[C@@H](COC(=O)CCCCCCCCCCCCCCCCC(C)CC)OC(=O)CCCCCCCCCCCCCCCCC(C)CC. The van der Waals surface area contributed by atoms with E-state index < -0.39 is 6.10 Å². The molecule has 0 amide bonds. The van der Waals surface area contributed by atoms with Gasteiger partial charge in [0, 0.05) is 19.3 Å². The summed E-state index contributed by atoms with van der Waals surface area (Å²) in [6.45, 7) is 13.9. The number of hydrogen-bond donors (Lipinski definition) is 0. The van der Waals surface area contributed by atoms with E-state index in [2.05, 4.69) is 41.5 Å². The molecule has 4 atom stereocenters. The average Bonchev–Trinajstić information content (AvgIpc) is 3.42. The van der Waals surface area contributed by atoms with E-state index in [1.807, 2.05) is 0 Å². The molecule has 0 rings (SSSR count). The molecule has 0 aliphatic carbocycles. The molecule has 0 saturated heterocycles. The molecule has 0 aromatic carbocycles. The van der Waals surface area contributed by atoms with Crippen LogP contribution in [0.15, 0.2) is 0 Å². The third-order valence-corrected chi connectivity index (χ3v) is 17.2. The van der Waals surface area contributed by atoms with Gasteiger partial charge in [-0.1, -0.05) is 356 Å². The lowest BCUT2D eigenvalue weighted by atomic mass is 9.99. The van der Waals surface area contributed by atoms with Gasteiger partial charge in [0.1, 0.15) is 13.2 Å². The van der Waals surface area contributed by atoms with Crippen molar-refractivity contribution in [3.05, 3.63) is 0 Å². The number of carbonyl (C=O) groups is 3. The first-order valence-electron chi connectivity index (χ1n) is 34.7. The van der Waals surface area contributed by atoms with Crippen molar-refractivity contribution in [2.75, 3.05) is 13.2 Å². The number of hydrogen-bond acceptors (Lipinski definition) is 6. The first-order valence-corrected chi connectivity index (χ1v) is 34.7. The van der Waals surface area contributed by atoms with Gasteiger partial charge in [-0.2, -0.15) is 0 Å². The topological polar surface area (TPSA) is 78.9 Å². The standard InChI is InChI=1S/C70H136O6/c1-7-64(4)56-50-44-38-32-26-20-14-12-10-11-13-15-23-29-35-41-47-53-59-68(71)74-62-67(76-70(73)61-55-49-43-37-31-25-19-17-22-28-34-40-46-52-58-66(6)9-3)63-75-69(72)60-54-48-42-36-30-24-18-16-21-27-33-39-45-51-57-65(5)8-2/h64-67H,7-63H2,1-6H3/t64?,65?,66?,67-/m0/s1. The third-order valence-electron chi connectivity index (χ3n) is 17.2. The van der Waals surface area contributed by atoms with Crippen LogP contribution in [-0.2, 0) is 28.6 Å². The number of esters is 3. The summed E-state index contributed by atoms with van der Waals surface area (Å²) in [5.74, 6) is 1.87. The van der Waals surface area contributed by atoms with Gasteiger partial charge >= 0.3 is 17.9 Å². The van der Waals surface area contributed by atoms with Gasteiger partial charge in [0.2, 0.25) is 0 Å². The lowest BCUT2D eigenvalue weighted by Gasteiger charge is -2.18. The second kappa shape index (κ2) is 61.0. The Balaban J connectivity index is 4.28. The molecule has 0 heterocycles. The fourth-order valence-corrected chi connectivity index (χ4v) is 10.8. The Morgan fingerprint density at radius 2 is 0.421 bits per heavy atom. The largest absolute Gasteiger partial charge is 0.462 e. The summed E-state index contributed by atoms with van der Waals surface area (Å²) in [5, 5.41) is 0. The van der Waals surface area contributed by atoms with Gasteiger partial charge in [-0.15, -0.1) is 0 Å². The first kappa shape index (κ1) is 74.4. The lowest BCUT2D eigenvalue weighted by molar-refractivity contribution is -0.167. The van der Waals surface area contributed by atoms with Gasteiger partial charge in [-0.25, -0.2) is 0 Å². The maximum absolute atomic E-state index is 12.9. The van der Waals surface area contributed by atoms with Crippen molar-refractivity contribution in [2.24, 2.45) is 17.8 Å². The molecule has 0 saturated carbocycles. The van der Waals surface area contributed by atoms with Crippen LogP contribution in [0.4, 0.5) is 0 Å². The van der Waals surface area contributed by atoms with Crippen molar-refractivity contribution in [1.82, 2.24) is 0 Å². The fraction of sp³-hybridized carbons (Fsp3) is 0.957. The van der Waals surface area contributed by atoms with Crippen molar-refractivity contribution in [3.8, 4) is 0 Å². The second-order valence-corrected chi connectivity index (χ2v) is 24.9. The Hall–Kier alpha value is -1.59. The first-order chi connectivity index (χ1) is 37.2. The Morgan fingerprint density at radius 3 is 0.618 bits per heavy atom. The molecule has 452 valence electrons. The Kier molecular flexibility index (Phi) is 59.8. The van der Waals surface area contributed by atoms with E-state index in [0.29, 0.717) is 19.3 Å². The van der Waals surface area contributed by atoms with Gasteiger partial charge in [-0.05, 0) is 37.0 Å². The molecule has 3 unspecified atom stereocenters. The van der Waals surface area contributed by atoms with E-state index in [0.717, 1.165) is 75.5 Å². The zero-order valence-electron chi connectivity index (χ0n) is 52.6. The van der Waals surface area contributed by atoms with Crippen LogP contribution in [0.1, 0.15) is 395 Å². The zero-order valence-corrected chi connectivity index (χ0v) is 52.6. The quantitative estimate of drug-likeness (QED) is 0.0343. The van der Waals surface area contributed by atoms with Crippen molar-refractivity contribution < 1.29 is 28.6 Å². The summed E-state index contributed by atoms with van der Waals surface area (Å²) >= 11 is 0. The monoisotopic (exact) mass is 1070 g/mol. The molecule has 6 heteroatoms. The zero-order chi connectivity index (χ0) is 55.5. The highest BCUT2D eigenvalue weighted by molar-refractivity contribution is 5.71. The molecule has 0 radical (unpaired) electrons. The van der Waals surface area contributed by atoms with Crippen molar-refractivity contribution in [3.63, 3.8) is 0 Å². The van der Waals surface area contributed by atoms with Crippen LogP contribution >= 0.6 is 0 Å². The molecule has 0 fully saturated rings. The van der Waals surface area contributed by atoms with Crippen LogP contribution in [0, 0.1) is 17.8 Å². The molecule has 0 spiro atoms. The summed E-state index contributed by atoms with van der Waals surface area (Å²) in [5.41, 5.74) is 0. The Bertz CT molecular complexity index is 1190. The van der Waals surface area contributed by atoms with Crippen molar-refractivity contribution in [1.29, 1.82) is 0 Å². The van der Waals surface area contributed by atoms with E-state index in [1.165, 1.54) is 276 Å². The van der Waals surface area contributed by atoms with E-state index in [4.69, 9.17) is 14.2 Å². The van der Waals surface area contributed by atoms with Gasteiger partial charge in [-0.3, -0.25) is 14.4 Å². The maximum atomic E-state index is 12.9. The number of rotatable bonds is 63. The molecule has 0 bridgehead atoms. The molecule has 76 heavy (non-hydrogen) atoms. The summed E-state index contributed by atoms with van der Waals surface area (Å²) in [4.78, 5) is 38.4. The molecule has 6 nitrogen and oxygen atoms in total. The number of ether oxygens (including phenoxy) is 3. The van der Waals surface area contributed by atoms with E-state index >= 15 is 0 Å². The molecule has 0 N–H and O–H groups in total. The van der Waals surface area contributed by atoms with Gasteiger partial charge in [0.25, 0.3) is 0 Å². The van der Waals surface area contributed by atoms with Crippen LogP contribution < -0.4 is 0 Å². The second-order valence-electron chi connectivity index (χ2n) is 24.9. The van der Waals surface area contributed by atoms with Crippen LogP contribution in [0.3, 0.4) is 0 Å². The highest BCUT2D eigenvalue weighted by Crippen LogP contribution is 2.21. The van der Waals surface area contributed by atoms with Crippen molar-refractivity contribution >= 4 is 17.9 Å². The minimum Gasteiger partial charge on any atom is -0.462 e. The van der Waals surface area contributed by atoms with Crippen LogP contribution in [0.5, 0.6) is 0 Å². The fourth-order valence-electron chi connectivity index (χ4n) is 10.8. The smallest absolute Gasteiger partial charge is 0.306 e. The highest BCUT2D eigenvalue weighted by atomic mass is 16.6. The minimum atomic E-state index is -0.765.